The third kappa shape index (κ3) is 4.68. The predicted octanol–water partition coefficient (Wildman–Crippen LogP) is 4.05. The molecular weight excluding hydrogens is 370 g/mol. The Hall–Kier alpha value is -2.47. The highest BCUT2D eigenvalue weighted by molar-refractivity contribution is 7.99. The number of nitrogens with one attached hydrogen (secondary N) is 1. The van der Waals surface area contributed by atoms with Crippen LogP contribution in [0.2, 0.25) is 0 Å². The monoisotopic (exact) mass is 397 g/mol. The first-order chi connectivity index (χ1) is 13.5. The van der Waals surface area contributed by atoms with Crippen LogP contribution in [0.5, 0.6) is 0 Å². The number of fused-ring (bicyclic) bond motifs is 2. The molecule has 1 N–H and O–H groups in total. The molecular formula is C22H27N3O2S. The molecule has 0 fully saturated rings. The van der Waals surface area contributed by atoms with Gasteiger partial charge in [0.1, 0.15) is 0 Å². The van der Waals surface area contributed by atoms with E-state index in [9.17, 15) is 9.59 Å². The molecule has 0 saturated heterocycles. The Kier molecular flexibility index (Phi) is 6.62. The maximum absolute atomic E-state index is 12.8. The van der Waals surface area contributed by atoms with Crippen molar-refractivity contribution < 1.29 is 9.59 Å². The van der Waals surface area contributed by atoms with Crippen molar-refractivity contribution in [3.05, 3.63) is 48.5 Å². The Bertz CT molecular complexity index is 808. The van der Waals surface area contributed by atoms with Crippen LogP contribution in [0.25, 0.3) is 0 Å². The van der Waals surface area contributed by atoms with E-state index in [1.165, 1.54) is 9.79 Å². The maximum Gasteiger partial charge on any atom is 0.239 e. The van der Waals surface area contributed by atoms with E-state index in [0.717, 1.165) is 11.4 Å². The quantitative estimate of drug-likeness (QED) is 0.766. The van der Waals surface area contributed by atoms with Crippen LogP contribution in [0.3, 0.4) is 0 Å². The van der Waals surface area contributed by atoms with Crippen molar-refractivity contribution in [3.63, 3.8) is 0 Å². The third-order valence-corrected chi connectivity index (χ3v) is 5.73. The Morgan fingerprint density at radius 1 is 1.04 bits per heavy atom. The van der Waals surface area contributed by atoms with E-state index in [4.69, 9.17) is 0 Å². The summed E-state index contributed by atoms with van der Waals surface area (Å²) in [6, 6.07) is 16.6. The van der Waals surface area contributed by atoms with Crippen molar-refractivity contribution in [3.8, 4) is 0 Å². The Labute approximate surface area is 171 Å². The summed E-state index contributed by atoms with van der Waals surface area (Å²) >= 11 is 1.76. The van der Waals surface area contributed by atoms with Gasteiger partial charge in [-0.3, -0.25) is 9.59 Å². The van der Waals surface area contributed by atoms with Gasteiger partial charge in [-0.15, -0.1) is 0 Å². The molecule has 0 radical (unpaired) electrons. The average Bonchev–Trinajstić information content (AvgIpc) is 2.68. The van der Waals surface area contributed by atoms with E-state index in [1.54, 1.807) is 16.7 Å². The van der Waals surface area contributed by atoms with Crippen LogP contribution in [-0.2, 0) is 9.59 Å². The van der Waals surface area contributed by atoms with Crippen LogP contribution in [0.15, 0.2) is 58.3 Å². The Morgan fingerprint density at radius 2 is 1.61 bits per heavy atom. The van der Waals surface area contributed by atoms with Gasteiger partial charge in [0, 0.05) is 35.3 Å². The Morgan fingerprint density at radius 3 is 2.14 bits per heavy atom. The molecule has 2 aromatic carbocycles. The van der Waals surface area contributed by atoms with Crippen molar-refractivity contribution >= 4 is 35.0 Å². The Balaban J connectivity index is 1.71. The van der Waals surface area contributed by atoms with Gasteiger partial charge in [0.25, 0.3) is 0 Å². The smallest absolute Gasteiger partial charge is 0.239 e. The summed E-state index contributed by atoms with van der Waals surface area (Å²) in [6.45, 7) is 6.95. The van der Waals surface area contributed by atoms with E-state index in [0.29, 0.717) is 19.5 Å². The normalized spacial score (nSPS) is 12.4. The number of para-hydroxylation sites is 2. The highest BCUT2D eigenvalue weighted by atomic mass is 32.2. The first kappa shape index (κ1) is 20.3. The number of benzene rings is 2. The molecule has 1 aliphatic rings. The molecule has 0 atom stereocenters. The summed E-state index contributed by atoms with van der Waals surface area (Å²) in [5, 5.41) is 2.85. The van der Waals surface area contributed by atoms with E-state index in [2.05, 4.69) is 34.5 Å². The number of amides is 2. The van der Waals surface area contributed by atoms with Crippen molar-refractivity contribution in [2.75, 3.05) is 24.5 Å². The standard InChI is InChI=1S/C22H27N3O2S/c1-4-24(15-21(26)23-16(2)3)22(27)13-14-25-17-9-5-7-11-19(17)28-20-12-8-6-10-18(20)25/h5-12,16H,4,13-15H2,1-3H3,(H,23,26). The number of anilines is 2. The minimum Gasteiger partial charge on any atom is -0.352 e. The van der Waals surface area contributed by atoms with Crippen LogP contribution in [0.4, 0.5) is 11.4 Å². The largest absolute Gasteiger partial charge is 0.352 e. The second-order valence-electron chi connectivity index (χ2n) is 7.07. The highest BCUT2D eigenvalue weighted by Gasteiger charge is 2.24. The van der Waals surface area contributed by atoms with Crippen molar-refractivity contribution in [2.24, 2.45) is 0 Å². The zero-order chi connectivity index (χ0) is 20.1. The van der Waals surface area contributed by atoms with E-state index in [-0.39, 0.29) is 24.4 Å². The van der Waals surface area contributed by atoms with Gasteiger partial charge in [0.05, 0.1) is 17.9 Å². The average molecular weight is 398 g/mol. The lowest BCUT2D eigenvalue weighted by atomic mass is 10.2. The number of hydrogen-bond donors (Lipinski definition) is 1. The second kappa shape index (κ2) is 9.15. The lowest BCUT2D eigenvalue weighted by Crippen LogP contribution is -2.43. The van der Waals surface area contributed by atoms with Gasteiger partial charge in [-0.25, -0.2) is 0 Å². The van der Waals surface area contributed by atoms with Crippen LogP contribution in [-0.4, -0.2) is 42.4 Å². The summed E-state index contributed by atoms with van der Waals surface area (Å²) in [5.41, 5.74) is 2.25. The first-order valence-corrected chi connectivity index (χ1v) is 10.5. The summed E-state index contributed by atoms with van der Waals surface area (Å²) in [5.74, 6) is -0.121. The predicted molar refractivity (Wildman–Crippen MR) is 114 cm³/mol. The van der Waals surface area contributed by atoms with Gasteiger partial charge in [-0.05, 0) is 45.0 Å². The van der Waals surface area contributed by atoms with Crippen LogP contribution >= 0.6 is 11.8 Å². The van der Waals surface area contributed by atoms with Crippen molar-refractivity contribution in [2.45, 2.75) is 43.0 Å². The molecule has 0 bridgehead atoms. The number of nitrogens with zero attached hydrogens (tertiary/aromatic N) is 2. The SMILES string of the molecule is CCN(CC(=O)NC(C)C)C(=O)CCN1c2ccccc2Sc2ccccc21. The molecule has 2 amide bonds. The first-order valence-electron chi connectivity index (χ1n) is 9.70. The fourth-order valence-electron chi connectivity index (χ4n) is 3.30. The minimum absolute atomic E-state index is 0.00500. The van der Waals surface area contributed by atoms with Gasteiger partial charge in [-0.2, -0.15) is 0 Å². The van der Waals surface area contributed by atoms with Gasteiger partial charge in [0.2, 0.25) is 11.8 Å². The highest BCUT2D eigenvalue weighted by Crippen LogP contribution is 2.47. The molecule has 6 heteroatoms. The third-order valence-electron chi connectivity index (χ3n) is 4.60. The van der Waals surface area contributed by atoms with E-state index < -0.39 is 0 Å². The summed E-state index contributed by atoms with van der Waals surface area (Å²) < 4.78 is 0. The molecule has 148 valence electrons. The molecule has 28 heavy (non-hydrogen) atoms. The fraction of sp³-hybridized carbons (Fsp3) is 0.364. The van der Waals surface area contributed by atoms with Crippen LogP contribution < -0.4 is 10.2 Å². The molecule has 0 aromatic heterocycles. The molecule has 2 aromatic rings. The summed E-state index contributed by atoms with van der Waals surface area (Å²) in [7, 11) is 0. The van der Waals surface area contributed by atoms with Crippen molar-refractivity contribution in [1.82, 2.24) is 10.2 Å². The maximum atomic E-state index is 12.8. The van der Waals surface area contributed by atoms with E-state index in [1.807, 2.05) is 45.0 Å². The lowest BCUT2D eigenvalue weighted by molar-refractivity contribution is -0.135. The van der Waals surface area contributed by atoms with Gasteiger partial charge >= 0.3 is 0 Å². The lowest BCUT2D eigenvalue weighted by Gasteiger charge is -2.33. The summed E-state index contributed by atoms with van der Waals surface area (Å²) in [4.78, 5) is 31.0. The zero-order valence-corrected chi connectivity index (χ0v) is 17.5. The number of likely N-dealkylation sites (N-methyl/N-ethyl adjacent to an activating group) is 1. The second-order valence-corrected chi connectivity index (χ2v) is 8.15. The molecule has 0 unspecified atom stereocenters. The molecule has 0 spiro atoms. The van der Waals surface area contributed by atoms with Gasteiger partial charge in [-0.1, -0.05) is 36.0 Å². The van der Waals surface area contributed by atoms with Crippen LogP contribution in [0.1, 0.15) is 27.2 Å². The molecule has 0 saturated carbocycles. The molecule has 0 aliphatic carbocycles. The zero-order valence-electron chi connectivity index (χ0n) is 16.6. The number of carbonyl (C=O) groups is 2. The number of hydrogen-bond acceptors (Lipinski definition) is 4. The van der Waals surface area contributed by atoms with Gasteiger partial charge < -0.3 is 15.1 Å². The molecule has 1 heterocycles. The van der Waals surface area contributed by atoms with Crippen LogP contribution in [0, 0.1) is 0 Å². The molecule has 3 rings (SSSR count). The number of carbonyl (C=O) groups excluding carboxylic acids is 2. The summed E-state index contributed by atoms with van der Waals surface area (Å²) in [6.07, 6.45) is 0.357. The fourth-order valence-corrected chi connectivity index (χ4v) is 4.40. The minimum atomic E-state index is -0.115. The van der Waals surface area contributed by atoms with Gasteiger partial charge in [0.15, 0.2) is 0 Å². The topological polar surface area (TPSA) is 52.7 Å². The van der Waals surface area contributed by atoms with E-state index >= 15 is 0 Å². The molecule has 5 nitrogen and oxygen atoms in total. The number of rotatable bonds is 7. The van der Waals surface area contributed by atoms with Crippen molar-refractivity contribution in [1.29, 1.82) is 0 Å². The molecule has 1 aliphatic heterocycles.